The lowest BCUT2D eigenvalue weighted by atomic mass is 9.74. The number of benzene rings is 1. The van der Waals surface area contributed by atoms with E-state index in [2.05, 4.69) is 22.0 Å². The van der Waals surface area contributed by atoms with Crippen LogP contribution < -0.4 is 16.0 Å². The van der Waals surface area contributed by atoms with Crippen LogP contribution in [0.2, 0.25) is 5.02 Å². The molecule has 0 radical (unpaired) electrons. The summed E-state index contributed by atoms with van der Waals surface area (Å²) in [5, 5.41) is 12.1. The van der Waals surface area contributed by atoms with E-state index < -0.39 is 5.54 Å². The van der Waals surface area contributed by atoms with E-state index in [1.54, 1.807) is 23.5 Å². The second kappa shape index (κ2) is 7.63. The van der Waals surface area contributed by atoms with Crippen LogP contribution in [-0.4, -0.2) is 18.5 Å². The maximum atomic E-state index is 12.7. The van der Waals surface area contributed by atoms with Crippen molar-refractivity contribution in [3.8, 4) is 0 Å². The minimum Gasteiger partial charge on any atom is -0.450 e. The number of carbonyl (C=O) groups excluding carboxylic acids is 2. The van der Waals surface area contributed by atoms with E-state index in [4.69, 9.17) is 16.0 Å². The van der Waals surface area contributed by atoms with Crippen LogP contribution in [0, 0.1) is 0 Å². The van der Waals surface area contributed by atoms with Gasteiger partial charge in [-0.3, -0.25) is 4.79 Å². The molecule has 1 spiro atoms. The number of amides is 3. The van der Waals surface area contributed by atoms with Gasteiger partial charge in [0.25, 0.3) is 5.91 Å². The number of hydrogen-bond donors (Lipinski definition) is 3. The average molecular weight is 444 g/mol. The fourth-order valence-corrected chi connectivity index (χ4v) is 5.60. The van der Waals surface area contributed by atoms with Gasteiger partial charge in [-0.2, -0.15) is 0 Å². The summed E-state index contributed by atoms with van der Waals surface area (Å²) in [5.74, 6) is 0.00151. The van der Waals surface area contributed by atoms with Gasteiger partial charge < -0.3 is 20.4 Å². The molecule has 2 aromatic heterocycles. The zero-order valence-corrected chi connectivity index (χ0v) is 17.9. The van der Waals surface area contributed by atoms with Crippen molar-refractivity contribution in [2.24, 2.45) is 0 Å². The maximum Gasteiger partial charge on any atom is 0.319 e. The van der Waals surface area contributed by atoms with Crippen molar-refractivity contribution in [2.45, 2.75) is 44.1 Å². The zero-order chi connectivity index (χ0) is 20.7. The van der Waals surface area contributed by atoms with Crippen LogP contribution in [0.15, 0.2) is 34.1 Å². The number of anilines is 1. The quantitative estimate of drug-likeness (QED) is 0.503. The normalized spacial score (nSPS) is 17.4. The first-order valence-electron chi connectivity index (χ1n) is 10.2. The van der Waals surface area contributed by atoms with Gasteiger partial charge in [0.15, 0.2) is 5.76 Å². The molecule has 0 unspecified atom stereocenters. The standard InChI is InChI=1S/C22H22ClN3O3S/c23-15-11-13-12-16(20(27)24-9-6-14-5-4-10-30-14)29-19(13)17-18(15)25-21(28)26-22(17)7-2-1-3-8-22/h4-5,10-12H,1-3,6-9H2,(H,24,27)(H2,25,26,28). The Morgan fingerprint density at radius 3 is 2.87 bits per heavy atom. The summed E-state index contributed by atoms with van der Waals surface area (Å²) in [6.45, 7) is 0.538. The lowest BCUT2D eigenvalue weighted by molar-refractivity contribution is 0.0928. The average Bonchev–Trinajstić information content (AvgIpc) is 3.38. The third kappa shape index (κ3) is 3.36. The van der Waals surface area contributed by atoms with Gasteiger partial charge >= 0.3 is 6.03 Å². The van der Waals surface area contributed by atoms with Crippen LogP contribution in [0.4, 0.5) is 10.5 Å². The van der Waals surface area contributed by atoms with Crippen molar-refractivity contribution in [1.82, 2.24) is 10.6 Å². The van der Waals surface area contributed by atoms with E-state index in [1.807, 2.05) is 11.4 Å². The van der Waals surface area contributed by atoms with Gasteiger partial charge in [0.2, 0.25) is 0 Å². The summed E-state index contributed by atoms with van der Waals surface area (Å²) in [5.41, 5.74) is 1.56. The molecule has 0 atom stereocenters. The predicted molar refractivity (Wildman–Crippen MR) is 118 cm³/mol. The van der Waals surface area contributed by atoms with Gasteiger partial charge in [-0.25, -0.2) is 4.79 Å². The van der Waals surface area contributed by atoms with E-state index in [-0.39, 0.29) is 17.7 Å². The summed E-state index contributed by atoms with van der Waals surface area (Å²) >= 11 is 8.21. The molecule has 3 aromatic rings. The van der Waals surface area contributed by atoms with Gasteiger partial charge in [-0.1, -0.05) is 36.9 Å². The first-order valence-corrected chi connectivity index (χ1v) is 11.5. The fourth-order valence-electron chi connectivity index (χ4n) is 4.64. The fraction of sp³-hybridized carbons (Fsp3) is 0.364. The van der Waals surface area contributed by atoms with Gasteiger partial charge in [-0.15, -0.1) is 11.3 Å². The zero-order valence-electron chi connectivity index (χ0n) is 16.3. The van der Waals surface area contributed by atoms with E-state index in [0.29, 0.717) is 22.8 Å². The molecule has 0 saturated heterocycles. The largest absolute Gasteiger partial charge is 0.450 e. The predicted octanol–water partition coefficient (Wildman–Crippen LogP) is 5.41. The van der Waals surface area contributed by atoms with Crippen LogP contribution in [0.25, 0.3) is 11.0 Å². The minimum atomic E-state index is -0.510. The molecule has 6 nitrogen and oxygen atoms in total. The number of carbonyl (C=O) groups is 2. The number of halogens is 1. The van der Waals surface area contributed by atoms with Crippen molar-refractivity contribution in [3.05, 3.63) is 50.9 Å². The van der Waals surface area contributed by atoms with Gasteiger partial charge in [0, 0.05) is 22.4 Å². The van der Waals surface area contributed by atoms with Crippen LogP contribution in [0.3, 0.4) is 0 Å². The molecule has 3 amide bonds. The monoisotopic (exact) mass is 443 g/mol. The smallest absolute Gasteiger partial charge is 0.319 e. The van der Waals surface area contributed by atoms with Crippen molar-refractivity contribution in [2.75, 3.05) is 11.9 Å². The van der Waals surface area contributed by atoms with E-state index in [0.717, 1.165) is 49.5 Å². The molecule has 1 aliphatic heterocycles. The van der Waals surface area contributed by atoms with Crippen LogP contribution in [0.1, 0.15) is 53.1 Å². The molecule has 5 rings (SSSR count). The van der Waals surface area contributed by atoms with Gasteiger partial charge in [0.05, 0.1) is 16.2 Å². The van der Waals surface area contributed by atoms with E-state index in [1.165, 1.54) is 4.88 Å². The van der Waals surface area contributed by atoms with E-state index in [9.17, 15) is 9.59 Å². The Kier molecular flexibility index (Phi) is 4.95. The number of urea groups is 1. The lowest BCUT2D eigenvalue weighted by Crippen LogP contribution is -2.52. The van der Waals surface area contributed by atoms with Gasteiger partial charge in [0.1, 0.15) is 5.58 Å². The molecule has 156 valence electrons. The lowest BCUT2D eigenvalue weighted by Gasteiger charge is -2.42. The number of rotatable bonds is 4. The highest BCUT2D eigenvalue weighted by Gasteiger charge is 2.43. The van der Waals surface area contributed by atoms with Crippen molar-refractivity contribution >= 4 is 51.5 Å². The van der Waals surface area contributed by atoms with Crippen molar-refractivity contribution < 1.29 is 14.0 Å². The highest BCUT2D eigenvalue weighted by molar-refractivity contribution is 7.09. The first kappa shape index (κ1) is 19.5. The molecule has 1 fully saturated rings. The molecule has 3 heterocycles. The van der Waals surface area contributed by atoms with Gasteiger partial charge in [-0.05, 0) is 42.8 Å². The Hall–Kier alpha value is -2.51. The Balaban J connectivity index is 1.49. The minimum absolute atomic E-state index is 0.247. The number of thiophene rings is 1. The van der Waals surface area contributed by atoms with Crippen LogP contribution in [0.5, 0.6) is 0 Å². The molecule has 2 aliphatic rings. The molecule has 0 bridgehead atoms. The second-order valence-electron chi connectivity index (χ2n) is 7.94. The Bertz CT molecular complexity index is 1120. The number of nitrogens with one attached hydrogen (secondary N) is 3. The number of furan rings is 1. The first-order chi connectivity index (χ1) is 14.6. The molecule has 3 N–H and O–H groups in total. The summed E-state index contributed by atoms with van der Waals surface area (Å²) in [4.78, 5) is 26.3. The second-order valence-corrected chi connectivity index (χ2v) is 9.38. The third-order valence-corrected chi connectivity index (χ3v) is 7.23. The van der Waals surface area contributed by atoms with Crippen LogP contribution in [-0.2, 0) is 12.0 Å². The molecular formula is C22H22ClN3O3S. The van der Waals surface area contributed by atoms with E-state index >= 15 is 0 Å². The summed E-state index contributed by atoms with van der Waals surface area (Å²) in [6.07, 6.45) is 5.61. The molecule has 1 saturated carbocycles. The Labute approximate surface area is 183 Å². The molecular weight excluding hydrogens is 422 g/mol. The van der Waals surface area contributed by atoms with Crippen molar-refractivity contribution in [3.63, 3.8) is 0 Å². The maximum absolute atomic E-state index is 12.7. The highest BCUT2D eigenvalue weighted by Crippen LogP contribution is 2.48. The summed E-state index contributed by atoms with van der Waals surface area (Å²) in [7, 11) is 0. The third-order valence-electron chi connectivity index (χ3n) is 6.00. The molecule has 1 aromatic carbocycles. The number of fused-ring (bicyclic) bond motifs is 4. The molecule has 30 heavy (non-hydrogen) atoms. The molecule has 1 aliphatic carbocycles. The highest BCUT2D eigenvalue weighted by atomic mass is 35.5. The SMILES string of the molecule is O=C1Nc2c(Cl)cc3cc(C(=O)NCCc4cccs4)oc3c2C2(CCCCC2)N1. The summed E-state index contributed by atoms with van der Waals surface area (Å²) in [6, 6.07) is 7.29. The van der Waals surface area contributed by atoms with Crippen LogP contribution >= 0.6 is 22.9 Å². The Morgan fingerprint density at radius 2 is 2.10 bits per heavy atom. The summed E-state index contributed by atoms with van der Waals surface area (Å²) < 4.78 is 6.07. The molecule has 8 heteroatoms. The Morgan fingerprint density at radius 1 is 1.27 bits per heavy atom. The van der Waals surface area contributed by atoms with Crippen molar-refractivity contribution in [1.29, 1.82) is 0 Å². The topological polar surface area (TPSA) is 83.4 Å². The number of hydrogen-bond acceptors (Lipinski definition) is 4.